The van der Waals surface area contributed by atoms with Gasteiger partial charge in [0.25, 0.3) is 5.91 Å². The highest BCUT2D eigenvalue weighted by atomic mass is 35.5. The summed E-state index contributed by atoms with van der Waals surface area (Å²) in [5.41, 5.74) is 0.266. The Kier molecular flexibility index (Phi) is 8.56. The molecule has 0 bridgehead atoms. The van der Waals surface area contributed by atoms with E-state index in [1.54, 1.807) is 0 Å². The molecule has 3 aromatic rings. The molecule has 0 aliphatic carbocycles. The van der Waals surface area contributed by atoms with E-state index in [2.05, 4.69) is 15.6 Å². The van der Waals surface area contributed by atoms with Crippen molar-refractivity contribution in [2.45, 2.75) is 18.3 Å². The van der Waals surface area contributed by atoms with Crippen molar-refractivity contribution in [3.63, 3.8) is 0 Å². The van der Waals surface area contributed by atoms with Crippen LogP contribution in [0.5, 0.6) is 0 Å². The Morgan fingerprint density at radius 1 is 0.973 bits per heavy atom. The van der Waals surface area contributed by atoms with Crippen LogP contribution in [0, 0.1) is 0 Å². The maximum absolute atomic E-state index is 14.9. The topological polar surface area (TPSA) is 66.9 Å². The van der Waals surface area contributed by atoms with Crippen LogP contribution >= 0.6 is 34.8 Å². The highest BCUT2D eigenvalue weighted by Crippen LogP contribution is 2.42. The van der Waals surface area contributed by atoms with Crippen LogP contribution in [0.25, 0.3) is 5.83 Å². The number of alkyl halides is 6. The zero-order valence-corrected chi connectivity index (χ0v) is 20.1. The van der Waals surface area contributed by atoms with Gasteiger partial charge in [-0.25, -0.2) is 4.39 Å². The molecule has 0 aliphatic rings. The van der Waals surface area contributed by atoms with E-state index in [1.165, 1.54) is 18.3 Å². The largest absolute Gasteiger partial charge is 0.417 e. The van der Waals surface area contributed by atoms with Crippen molar-refractivity contribution in [3.05, 3.63) is 92.1 Å². The van der Waals surface area contributed by atoms with E-state index in [-0.39, 0.29) is 33.0 Å². The first-order chi connectivity index (χ1) is 17.2. The molecule has 1 aromatic heterocycles. The lowest BCUT2D eigenvalue weighted by Crippen LogP contribution is -2.31. The van der Waals surface area contributed by atoms with Gasteiger partial charge in [-0.05, 0) is 48.0 Å². The Balaban J connectivity index is 1.99. The maximum Gasteiger partial charge on any atom is 0.417 e. The Morgan fingerprint density at radius 3 is 2.16 bits per heavy atom. The van der Waals surface area contributed by atoms with Crippen LogP contribution < -0.4 is 10.9 Å². The molecule has 3 rings (SSSR count). The van der Waals surface area contributed by atoms with Gasteiger partial charge in [0.05, 0.1) is 26.2 Å². The van der Waals surface area contributed by atoms with Gasteiger partial charge in [-0.2, -0.15) is 31.4 Å². The molecular formula is C22H12Cl3F7N4O. The summed E-state index contributed by atoms with van der Waals surface area (Å²) in [6.07, 6.45) is -8.84. The summed E-state index contributed by atoms with van der Waals surface area (Å²) in [5.74, 6) is -5.53. The van der Waals surface area contributed by atoms with Gasteiger partial charge in [0.1, 0.15) is 11.7 Å². The van der Waals surface area contributed by atoms with E-state index >= 15 is 0 Å². The molecule has 0 spiro atoms. The molecular weight excluding hydrogens is 576 g/mol. The molecule has 37 heavy (non-hydrogen) atoms. The molecule has 0 fully saturated rings. The first-order valence-corrected chi connectivity index (χ1v) is 11.0. The van der Waals surface area contributed by atoms with Gasteiger partial charge in [0.2, 0.25) is 0 Å². The fourth-order valence-corrected chi connectivity index (χ4v) is 3.67. The zero-order chi connectivity index (χ0) is 27.5. The number of carbonyl (C=O) groups excluding carboxylic acids is 1. The number of rotatable bonds is 6. The van der Waals surface area contributed by atoms with Crippen LogP contribution in [0.15, 0.2) is 54.7 Å². The summed E-state index contributed by atoms with van der Waals surface area (Å²) in [6.45, 7) is 0. The molecule has 1 heterocycles. The second-order valence-electron chi connectivity index (χ2n) is 7.28. The van der Waals surface area contributed by atoms with Crippen molar-refractivity contribution in [2.75, 3.05) is 5.43 Å². The Labute approximate surface area is 219 Å². The molecule has 196 valence electrons. The van der Waals surface area contributed by atoms with Crippen molar-refractivity contribution in [2.24, 2.45) is 0 Å². The van der Waals surface area contributed by atoms with Gasteiger partial charge < -0.3 is 0 Å². The van der Waals surface area contributed by atoms with E-state index in [1.807, 2.05) is 5.43 Å². The minimum absolute atomic E-state index is 0.00982. The van der Waals surface area contributed by atoms with Crippen molar-refractivity contribution in [1.82, 2.24) is 15.6 Å². The molecule has 1 atom stereocenters. The summed E-state index contributed by atoms with van der Waals surface area (Å²) in [7, 11) is 0. The first-order valence-electron chi connectivity index (χ1n) is 9.82. The summed E-state index contributed by atoms with van der Waals surface area (Å²) < 4.78 is 97.1. The normalized spacial score (nSPS) is 13.3. The molecule has 15 heteroatoms. The number of halogens is 10. The van der Waals surface area contributed by atoms with Crippen molar-refractivity contribution >= 4 is 52.4 Å². The smallest absolute Gasteiger partial charge is 0.280 e. The molecule has 2 aromatic carbocycles. The number of hydrazine groups is 1. The van der Waals surface area contributed by atoms with Crippen LogP contribution in [-0.2, 0) is 6.18 Å². The van der Waals surface area contributed by atoms with E-state index < -0.39 is 52.3 Å². The van der Waals surface area contributed by atoms with Crippen LogP contribution in [0.3, 0.4) is 0 Å². The Bertz CT molecular complexity index is 1310. The molecule has 0 aliphatic heterocycles. The Morgan fingerprint density at radius 2 is 1.62 bits per heavy atom. The predicted octanol–water partition coefficient (Wildman–Crippen LogP) is 7.87. The standard InChI is InChI=1S/C22H12Cl3F7N4O/c23-15-7-11(8-16(24)19(15)25)13(21(27,28)29)9-17(26)10-3-4-12(14(6-10)22(30,31)32)20(37)36-35-18-2-1-5-33-34-18/h1-9,13H,(H,34,35)(H,36,37)/b17-9-. The van der Waals surface area contributed by atoms with Gasteiger partial charge in [0.15, 0.2) is 5.82 Å². The van der Waals surface area contributed by atoms with Crippen LogP contribution in [0.4, 0.5) is 36.6 Å². The minimum Gasteiger partial charge on any atom is -0.280 e. The van der Waals surface area contributed by atoms with E-state index in [0.29, 0.717) is 6.07 Å². The molecule has 1 unspecified atom stereocenters. The van der Waals surface area contributed by atoms with Gasteiger partial charge in [-0.3, -0.25) is 15.6 Å². The second-order valence-corrected chi connectivity index (χ2v) is 8.47. The monoisotopic (exact) mass is 586 g/mol. The van der Waals surface area contributed by atoms with Crippen molar-refractivity contribution in [1.29, 1.82) is 0 Å². The maximum atomic E-state index is 14.9. The van der Waals surface area contributed by atoms with Gasteiger partial charge in [0, 0.05) is 11.8 Å². The summed E-state index contributed by atoms with van der Waals surface area (Å²) >= 11 is 17.3. The Hall–Kier alpha value is -3.09. The highest BCUT2D eigenvalue weighted by Gasteiger charge is 2.41. The fourth-order valence-electron chi connectivity index (χ4n) is 3.06. The van der Waals surface area contributed by atoms with E-state index in [9.17, 15) is 35.5 Å². The third kappa shape index (κ3) is 7.02. The number of nitrogens with zero attached hydrogens (tertiary/aromatic N) is 2. The van der Waals surface area contributed by atoms with Gasteiger partial charge in [-0.1, -0.05) is 40.9 Å². The fraction of sp³-hybridized carbons (Fsp3) is 0.136. The van der Waals surface area contributed by atoms with Gasteiger partial charge >= 0.3 is 12.4 Å². The molecule has 5 nitrogen and oxygen atoms in total. The predicted molar refractivity (Wildman–Crippen MR) is 124 cm³/mol. The first kappa shape index (κ1) is 28.5. The third-order valence-electron chi connectivity index (χ3n) is 4.75. The minimum atomic E-state index is -5.16. The number of amides is 1. The lowest BCUT2D eigenvalue weighted by molar-refractivity contribution is -0.140. The number of aromatic nitrogens is 2. The highest BCUT2D eigenvalue weighted by molar-refractivity contribution is 6.48. The molecule has 0 radical (unpaired) electrons. The summed E-state index contributed by atoms with van der Waals surface area (Å²) in [6, 6.07) is 6.00. The number of hydrogen-bond donors (Lipinski definition) is 2. The lowest BCUT2D eigenvalue weighted by atomic mass is 9.95. The number of hydrogen-bond acceptors (Lipinski definition) is 4. The average molecular weight is 588 g/mol. The number of benzene rings is 2. The quantitative estimate of drug-likeness (QED) is 0.175. The SMILES string of the molecule is O=C(NNc1cccnn1)c1ccc(/C(F)=C/C(c2cc(Cl)c(Cl)c(Cl)c2)C(F)(F)F)cc1C(F)(F)F. The van der Waals surface area contributed by atoms with Crippen LogP contribution in [0.2, 0.25) is 15.1 Å². The van der Waals surface area contributed by atoms with Crippen molar-refractivity contribution < 1.29 is 35.5 Å². The van der Waals surface area contributed by atoms with Crippen LogP contribution in [-0.4, -0.2) is 22.3 Å². The van der Waals surface area contributed by atoms with Gasteiger partial charge in [-0.15, -0.1) is 5.10 Å². The van der Waals surface area contributed by atoms with Crippen LogP contribution in [0.1, 0.15) is 33.0 Å². The molecule has 2 N–H and O–H groups in total. The molecule has 0 saturated carbocycles. The molecule has 0 saturated heterocycles. The summed E-state index contributed by atoms with van der Waals surface area (Å²) in [4.78, 5) is 12.3. The van der Waals surface area contributed by atoms with E-state index in [4.69, 9.17) is 34.8 Å². The second kappa shape index (κ2) is 11.1. The zero-order valence-electron chi connectivity index (χ0n) is 17.9. The van der Waals surface area contributed by atoms with E-state index in [0.717, 1.165) is 18.2 Å². The average Bonchev–Trinajstić information content (AvgIpc) is 2.83. The molecule has 1 amide bonds. The number of anilines is 1. The third-order valence-corrected chi connectivity index (χ3v) is 5.95. The number of carbonyl (C=O) groups is 1. The summed E-state index contributed by atoms with van der Waals surface area (Å²) in [5, 5.41) is 6.18. The number of allylic oxidation sites excluding steroid dienone is 1. The number of nitrogens with one attached hydrogen (secondary N) is 2. The van der Waals surface area contributed by atoms with Crippen molar-refractivity contribution in [3.8, 4) is 0 Å². The lowest BCUT2D eigenvalue weighted by Gasteiger charge is -2.19.